The second-order valence-corrected chi connectivity index (χ2v) is 7.73. The van der Waals surface area contributed by atoms with Crippen molar-refractivity contribution < 1.29 is 4.42 Å². The van der Waals surface area contributed by atoms with Gasteiger partial charge in [-0.3, -0.25) is 4.99 Å². The molecule has 2 fully saturated rings. The Kier molecular flexibility index (Phi) is 6.79. The predicted molar refractivity (Wildman–Crippen MR) is 103 cm³/mol. The Hall–Kier alpha value is -1.49. The summed E-state index contributed by atoms with van der Waals surface area (Å²) < 4.78 is 5.42. The van der Waals surface area contributed by atoms with Gasteiger partial charge in [-0.25, -0.2) is 0 Å². The van der Waals surface area contributed by atoms with Gasteiger partial charge in [0.2, 0.25) is 0 Å². The van der Waals surface area contributed by atoms with Crippen molar-refractivity contribution in [1.82, 2.24) is 15.5 Å². The van der Waals surface area contributed by atoms with E-state index in [1.807, 2.05) is 12.1 Å². The summed E-state index contributed by atoms with van der Waals surface area (Å²) in [6.07, 6.45) is 10.2. The van der Waals surface area contributed by atoms with Crippen molar-refractivity contribution in [2.45, 2.75) is 76.9 Å². The number of rotatable bonds is 6. The molecule has 0 spiro atoms. The minimum absolute atomic E-state index is 0.534. The zero-order valence-electron chi connectivity index (χ0n) is 15.8. The standard InChI is InChI=1S/C20H34N4O/c1-16(2)24-13-10-18(11-14-24)23-20(22-17-6-3-4-7-17)21-12-9-19-8-5-15-25-19/h5,8,15-18H,3-4,6-7,9-14H2,1-2H3,(H2,21,22,23). The summed E-state index contributed by atoms with van der Waals surface area (Å²) in [5.74, 6) is 2.01. The van der Waals surface area contributed by atoms with Crippen LogP contribution in [0.5, 0.6) is 0 Å². The maximum atomic E-state index is 5.42. The molecule has 0 bridgehead atoms. The topological polar surface area (TPSA) is 52.8 Å². The summed E-state index contributed by atoms with van der Waals surface area (Å²) in [6, 6.07) is 5.74. The number of piperidine rings is 1. The van der Waals surface area contributed by atoms with Gasteiger partial charge in [-0.15, -0.1) is 0 Å². The molecular weight excluding hydrogens is 312 g/mol. The largest absolute Gasteiger partial charge is 0.469 e. The van der Waals surface area contributed by atoms with Crippen LogP contribution in [0.15, 0.2) is 27.8 Å². The second kappa shape index (κ2) is 9.27. The predicted octanol–water partition coefficient (Wildman–Crippen LogP) is 3.17. The Morgan fingerprint density at radius 1 is 1.16 bits per heavy atom. The van der Waals surface area contributed by atoms with Gasteiger partial charge in [0.05, 0.1) is 6.26 Å². The molecule has 2 aliphatic rings. The van der Waals surface area contributed by atoms with Crippen LogP contribution in [-0.4, -0.2) is 48.6 Å². The van der Waals surface area contributed by atoms with Crippen molar-refractivity contribution in [2.75, 3.05) is 19.6 Å². The highest BCUT2D eigenvalue weighted by molar-refractivity contribution is 5.80. The molecule has 2 N–H and O–H groups in total. The fraction of sp³-hybridized carbons (Fsp3) is 0.750. The fourth-order valence-electron chi connectivity index (χ4n) is 3.88. The number of nitrogens with one attached hydrogen (secondary N) is 2. The number of nitrogens with zero attached hydrogens (tertiary/aromatic N) is 2. The van der Waals surface area contributed by atoms with Gasteiger partial charge < -0.3 is 20.0 Å². The first kappa shape index (κ1) is 18.3. The second-order valence-electron chi connectivity index (χ2n) is 7.73. The van der Waals surface area contributed by atoms with Crippen LogP contribution in [0.3, 0.4) is 0 Å². The first-order valence-corrected chi connectivity index (χ1v) is 10.0. The third-order valence-electron chi connectivity index (χ3n) is 5.50. The van der Waals surface area contributed by atoms with Gasteiger partial charge in [-0.1, -0.05) is 12.8 Å². The highest BCUT2D eigenvalue weighted by Crippen LogP contribution is 2.18. The van der Waals surface area contributed by atoms with Crippen LogP contribution >= 0.6 is 0 Å². The van der Waals surface area contributed by atoms with Gasteiger partial charge in [0.15, 0.2) is 5.96 Å². The molecular formula is C20H34N4O. The summed E-state index contributed by atoms with van der Waals surface area (Å²) >= 11 is 0. The van der Waals surface area contributed by atoms with Crippen LogP contribution in [0, 0.1) is 0 Å². The van der Waals surface area contributed by atoms with E-state index in [-0.39, 0.29) is 0 Å². The first-order chi connectivity index (χ1) is 12.2. The average molecular weight is 347 g/mol. The van der Waals surface area contributed by atoms with E-state index < -0.39 is 0 Å². The molecule has 1 saturated heterocycles. The molecule has 0 aromatic carbocycles. The number of hydrogen-bond acceptors (Lipinski definition) is 3. The number of aliphatic imine (C=N–C) groups is 1. The van der Waals surface area contributed by atoms with Crippen molar-refractivity contribution >= 4 is 5.96 Å². The molecule has 3 rings (SSSR count). The minimum atomic E-state index is 0.534. The van der Waals surface area contributed by atoms with Crippen molar-refractivity contribution in [2.24, 2.45) is 4.99 Å². The third-order valence-corrected chi connectivity index (χ3v) is 5.50. The molecule has 1 aliphatic carbocycles. The Bertz CT molecular complexity index is 512. The van der Waals surface area contributed by atoms with Crippen LogP contribution in [0.2, 0.25) is 0 Å². The van der Waals surface area contributed by atoms with Gasteiger partial charge in [0, 0.05) is 44.2 Å². The van der Waals surface area contributed by atoms with E-state index in [9.17, 15) is 0 Å². The molecule has 0 amide bonds. The van der Waals surface area contributed by atoms with Crippen LogP contribution in [0.25, 0.3) is 0 Å². The van der Waals surface area contributed by atoms with Gasteiger partial charge >= 0.3 is 0 Å². The quantitative estimate of drug-likeness (QED) is 0.614. The molecule has 0 radical (unpaired) electrons. The lowest BCUT2D eigenvalue weighted by atomic mass is 10.0. The normalized spacial score (nSPS) is 21.2. The van der Waals surface area contributed by atoms with E-state index in [1.165, 1.54) is 51.6 Å². The van der Waals surface area contributed by atoms with Crippen LogP contribution < -0.4 is 10.6 Å². The summed E-state index contributed by atoms with van der Waals surface area (Å²) in [4.78, 5) is 7.40. The van der Waals surface area contributed by atoms with Crippen molar-refractivity contribution in [1.29, 1.82) is 0 Å². The minimum Gasteiger partial charge on any atom is -0.469 e. The molecule has 0 atom stereocenters. The van der Waals surface area contributed by atoms with Gasteiger partial charge in [-0.05, 0) is 51.7 Å². The Labute approximate surface area is 152 Å². The van der Waals surface area contributed by atoms with Crippen molar-refractivity contribution in [3.8, 4) is 0 Å². The van der Waals surface area contributed by atoms with Crippen molar-refractivity contribution in [3.05, 3.63) is 24.2 Å². The Morgan fingerprint density at radius 2 is 1.84 bits per heavy atom. The zero-order valence-corrected chi connectivity index (χ0v) is 15.8. The number of furan rings is 1. The Morgan fingerprint density at radius 3 is 2.44 bits per heavy atom. The number of guanidine groups is 1. The van der Waals surface area contributed by atoms with Gasteiger partial charge in [-0.2, -0.15) is 0 Å². The zero-order chi connectivity index (χ0) is 17.5. The average Bonchev–Trinajstić information content (AvgIpc) is 3.29. The Balaban J connectivity index is 1.52. The lowest BCUT2D eigenvalue weighted by molar-refractivity contribution is 0.167. The summed E-state index contributed by atoms with van der Waals surface area (Å²) in [5.41, 5.74) is 0. The number of hydrogen-bond donors (Lipinski definition) is 2. The van der Waals surface area contributed by atoms with E-state index >= 15 is 0 Å². The maximum Gasteiger partial charge on any atom is 0.191 e. The lowest BCUT2D eigenvalue weighted by Gasteiger charge is -2.35. The molecule has 5 nitrogen and oxygen atoms in total. The van der Waals surface area contributed by atoms with Gasteiger partial charge in [0.1, 0.15) is 5.76 Å². The first-order valence-electron chi connectivity index (χ1n) is 10.0. The molecule has 1 aromatic heterocycles. The fourth-order valence-corrected chi connectivity index (χ4v) is 3.88. The monoisotopic (exact) mass is 346 g/mol. The molecule has 0 unspecified atom stereocenters. The molecule has 2 heterocycles. The smallest absolute Gasteiger partial charge is 0.191 e. The van der Waals surface area contributed by atoms with Crippen LogP contribution in [0.1, 0.15) is 58.1 Å². The molecule has 1 aliphatic heterocycles. The highest BCUT2D eigenvalue weighted by Gasteiger charge is 2.23. The third kappa shape index (κ3) is 5.77. The van der Waals surface area contributed by atoms with Crippen LogP contribution in [0.4, 0.5) is 0 Å². The molecule has 1 saturated carbocycles. The van der Waals surface area contributed by atoms with E-state index in [2.05, 4.69) is 29.4 Å². The summed E-state index contributed by atoms with van der Waals surface area (Å²) in [6.45, 7) is 7.70. The lowest BCUT2D eigenvalue weighted by Crippen LogP contribution is -2.51. The molecule has 25 heavy (non-hydrogen) atoms. The van der Waals surface area contributed by atoms with E-state index in [0.717, 1.165) is 24.7 Å². The van der Waals surface area contributed by atoms with Crippen molar-refractivity contribution in [3.63, 3.8) is 0 Å². The SMILES string of the molecule is CC(C)N1CCC(NC(=NCCc2ccco2)NC2CCCC2)CC1. The van der Waals surface area contributed by atoms with Gasteiger partial charge in [0.25, 0.3) is 0 Å². The van der Waals surface area contributed by atoms with E-state index in [4.69, 9.17) is 9.41 Å². The highest BCUT2D eigenvalue weighted by atomic mass is 16.3. The summed E-state index contributed by atoms with van der Waals surface area (Å²) in [7, 11) is 0. The van der Waals surface area contributed by atoms with Crippen LogP contribution in [-0.2, 0) is 6.42 Å². The number of likely N-dealkylation sites (tertiary alicyclic amines) is 1. The van der Waals surface area contributed by atoms with E-state index in [0.29, 0.717) is 18.1 Å². The summed E-state index contributed by atoms with van der Waals surface area (Å²) in [5, 5.41) is 7.38. The maximum absolute atomic E-state index is 5.42. The van der Waals surface area contributed by atoms with E-state index in [1.54, 1.807) is 6.26 Å². The molecule has 1 aromatic rings. The molecule has 140 valence electrons. The molecule has 5 heteroatoms.